The molecule has 0 amide bonds. The van der Waals surface area contributed by atoms with E-state index < -0.39 is 12.1 Å². The molecule has 0 unspecified atom stereocenters. The third-order valence-electron chi connectivity index (χ3n) is 8.64. The van der Waals surface area contributed by atoms with Crippen LogP contribution in [0, 0.1) is 0 Å². The van der Waals surface area contributed by atoms with Crippen LogP contribution in [0.25, 0.3) is 0 Å². The van der Waals surface area contributed by atoms with Crippen LogP contribution < -0.4 is 0 Å². The number of unbranched alkanes of at least 4 members (excludes halogenated alkanes) is 24. The zero-order valence-electron chi connectivity index (χ0n) is 31.0. The van der Waals surface area contributed by atoms with E-state index >= 15 is 0 Å². The number of hydrogen-bond acceptors (Lipinski definition) is 6. The molecule has 0 fully saturated rings. The summed E-state index contributed by atoms with van der Waals surface area (Å²) in [5, 5.41) is 0. The minimum absolute atomic E-state index is 0.104. The minimum Gasteiger partial charge on any atom is -0.462 e. The molecule has 0 heterocycles. The molecule has 0 aromatic heterocycles. The Morgan fingerprint density at radius 2 is 0.830 bits per heavy atom. The SMILES string of the molecule is C/C=C/C=C/C(=O)OC[C@@H](COC(=O)CCCCCCCCCCCCCCC)OC(=O)CCCCCCCCCCCCCCC. The molecular formula is C41H74O6. The van der Waals surface area contributed by atoms with Crippen LogP contribution in [-0.4, -0.2) is 37.2 Å². The molecule has 0 radical (unpaired) electrons. The first-order chi connectivity index (χ1) is 23.0. The lowest BCUT2D eigenvalue weighted by Gasteiger charge is -2.18. The van der Waals surface area contributed by atoms with E-state index in [0.717, 1.165) is 38.5 Å². The van der Waals surface area contributed by atoms with Crippen LogP contribution in [0.1, 0.15) is 201 Å². The Morgan fingerprint density at radius 3 is 1.23 bits per heavy atom. The van der Waals surface area contributed by atoms with Gasteiger partial charge >= 0.3 is 17.9 Å². The van der Waals surface area contributed by atoms with Crippen LogP contribution in [0.15, 0.2) is 24.3 Å². The molecular weight excluding hydrogens is 588 g/mol. The summed E-state index contributed by atoms with van der Waals surface area (Å²) in [4.78, 5) is 36.9. The van der Waals surface area contributed by atoms with Crippen LogP contribution >= 0.6 is 0 Å². The molecule has 0 aliphatic carbocycles. The molecule has 6 nitrogen and oxygen atoms in total. The molecule has 0 bridgehead atoms. The summed E-state index contributed by atoms with van der Waals surface area (Å²) >= 11 is 0. The van der Waals surface area contributed by atoms with E-state index in [2.05, 4.69) is 13.8 Å². The molecule has 0 aromatic carbocycles. The van der Waals surface area contributed by atoms with Crippen LogP contribution in [0.5, 0.6) is 0 Å². The Bertz CT molecular complexity index is 774. The maximum absolute atomic E-state index is 12.5. The van der Waals surface area contributed by atoms with Gasteiger partial charge in [0, 0.05) is 18.9 Å². The molecule has 0 aliphatic heterocycles. The van der Waals surface area contributed by atoms with E-state index in [1.807, 2.05) is 13.0 Å². The second-order valence-corrected chi connectivity index (χ2v) is 13.3. The molecule has 1 atom stereocenters. The van der Waals surface area contributed by atoms with Crippen molar-refractivity contribution in [3.05, 3.63) is 24.3 Å². The van der Waals surface area contributed by atoms with Crippen molar-refractivity contribution in [2.24, 2.45) is 0 Å². The summed E-state index contributed by atoms with van der Waals surface area (Å²) in [6.45, 7) is 6.12. The predicted octanol–water partition coefficient (Wildman–Crippen LogP) is 12.1. The quantitative estimate of drug-likeness (QED) is 0.0221. The first-order valence-electron chi connectivity index (χ1n) is 19.8. The molecule has 0 rings (SSSR count). The molecule has 0 aliphatic rings. The van der Waals surface area contributed by atoms with Gasteiger partial charge in [-0.3, -0.25) is 9.59 Å². The number of rotatable bonds is 35. The normalized spacial score (nSPS) is 12.1. The largest absolute Gasteiger partial charge is 0.462 e. The van der Waals surface area contributed by atoms with E-state index in [4.69, 9.17) is 14.2 Å². The van der Waals surface area contributed by atoms with Crippen molar-refractivity contribution in [2.45, 2.75) is 207 Å². The van der Waals surface area contributed by atoms with Crippen molar-refractivity contribution in [2.75, 3.05) is 13.2 Å². The van der Waals surface area contributed by atoms with E-state index in [1.165, 1.54) is 134 Å². The molecule has 274 valence electrons. The van der Waals surface area contributed by atoms with Crippen LogP contribution in [0.3, 0.4) is 0 Å². The van der Waals surface area contributed by atoms with Gasteiger partial charge in [0.25, 0.3) is 0 Å². The lowest BCUT2D eigenvalue weighted by Crippen LogP contribution is -2.30. The Kier molecular flexibility index (Phi) is 35.1. The monoisotopic (exact) mass is 663 g/mol. The van der Waals surface area contributed by atoms with Crippen molar-refractivity contribution in [1.29, 1.82) is 0 Å². The van der Waals surface area contributed by atoms with Gasteiger partial charge in [0.15, 0.2) is 6.10 Å². The zero-order chi connectivity index (χ0) is 34.5. The maximum Gasteiger partial charge on any atom is 0.330 e. The van der Waals surface area contributed by atoms with E-state index in [-0.39, 0.29) is 25.2 Å². The molecule has 6 heteroatoms. The summed E-state index contributed by atoms with van der Waals surface area (Å²) in [7, 11) is 0. The van der Waals surface area contributed by atoms with Gasteiger partial charge in [0.2, 0.25) is 0 Å². The van der Waals surface area contributed by atoms with Gasteiger partial charge in [-0.2, -0.15) is 0 Å². The topological polar surface area (TPSA) is 78.9 Å². The van der Waals surface area contributed by atoms with Crippen LogP contribution in [0.2, 0.25) is 0 Å². The number of esters is 3. The molecule has 0 saturated carbocycles. The summed E-state index contributed by atoms with van der Waals surface area (Å²) in [5.74, 6) is -1.17. The molecule has 0 saturated heterocycles. The minimum atomic E-state index is -0.806. The standard InChI is InChI=1S/C41H74O6/c1-4-7-10-12-14-16-18-20-22-24-26-28-31-34-40(43)46-37-38(36-45-39(42)33-30-9-6-3)47-41(44)35-32-29-27-25-23-21-19-17-15-13-11-8-5-2/h6,9,30,33,38H,4-5,7-8,10-29,31-32,34-37H2,1-3H3/b9-6+,33-30+/t38-/m0/s1. The van der Waals surface area contributed by atoms with Gasteiger partial charge in [-0.05, 0) is 19.8 Å². The van der Waals surface area contributed by atoms with Gasteiger partial charge in [0.1, 0.15) is 13.2 Å². The Balaban J connectivity index is 4.16. The Morgan fingerprint density at radius 1 is 0.468 bits per heavy atom. The Labute approximate surface area is 290 Å². The highest BCUT2D eigenvalue weighted by atomic mass is 16.6. The lowest BCUT2D eigenvalue weighted by molar-refractivity contribution is -0.165. The fraction of sp³-hybridized carbons (Fsp3) is 0.829. The van der Waals surface area contributed by atoms with Gasteiger partial charge in [-0.1, -0.05) is 186 Å². The van der Waals surface area contributed by atoms with Gasteiger partial charge < -0.3 is 14.2 Å². The smallest absolute Gasteiger partial charge is 0.330 e. The van der Waals surface area contributed by atoms with E-state index in [1.54, 1.807) is 12.2 Å². The molecule has 47 heavy (non-hydrogen) atoms. The summed E-state index contributed by atoms with van der Waals surface area (Å²) in [5.41, 5.74) is 0. The second-order valence-electron chi connectivity index (χ2n) is 13.3. The number of ether oxygens (including phenoxy) is 3. The van der Waals surface area contributed by atoms with Gasteiger partial charge in [-0.15, -0.1) is 0 Å². The lowest BCUT2D eigenvalue weighted by atomic mass is 10.0. The zero-order valence-corrected chi connectivity index (χ0v) is 31.0. The fourth-order valence-electron chi connectivity index (χ4n) is 5.66. The van der Waals surface area contributed by atoms with Crippen molar-refractivity contribution >= 4 is 17.9 Å². The molecule has 0 aromatic rings. The average Bonchev–Trinajstić information content (AvgIpc) is 3.06. The first-order valence-corrected chi connectivity index (χ1v) is 19.8. The predicted molar refractivity (Wildman–Crippen MR) is 196 cm³/mol. The summed E-state index contributed by atoms with van der Waals surface area (Å²) in [6.07, 6.45) is 38.7. The third kappa shape index (κ3) is 35.0. The second kappa shape index (κ2) is 36.7. The first kappa shape index (κ1) is 44.9. The van der Waals surface area contributed by atoms with Crippen molar-refractivity contribution in [3.8, 4) is 0 Å². The molecule has 0 spiro atoms. The van der Waals surface area contributed by atoms with Gasteiger partial charge in [0.05, 0.1) is 0 Å². The maximum atomic E-state index is 12.5. The number of hydrogen-bond donors (Lipinski definition) is 0. The highest BCUT2D eigenvalue weighted by Gasteiger charge is 2.19. The highest BCUT2D eigenvalue weighted by molar-refractivity contribution is 5.82. The third-order valence-corrected chi connectivity index (χ3v) is 8.64. The Hall–Kier alpha value is -2.11. The summed E-state index contributed by atoms with van der Waals surface area (Å²) in [6, 6.07) is 0. The fourth-order valence-corrected chi connectivity index (χ4v) is 5.66. The van der Waals surface area contributed by atoms with Gasteiger partial charge in [-0.25, -0.2) is 4.79 Å². The number of carbonyl (C=O) groups is 3. The average molecular weight is 663 g/mol. The number of allylic oxidation sites excluding steroid dienone is 3. The number of carbonyl (C=O) groups excluding carboxylic acids is 3. The molecule has 0 N–H and O–H groups in total. The summed E-state index contributed by atoms with van der Waals surface area (Å²) < 4.78 is 16.3. The van der Waals surface area contributed by atoms with E-state index in [0.29, 0.717) is 12.8 Å². The van der Waals surface area contributed by atoms with E-state index in [9.17, 15) is 14.4 Å². The van der Waals surface area contributed by atoms with Crippen LogP contribution in [0.4, 0.5) is 0 Å². The van der Waals surface area contributed by atoms with Crippen molar-refractivity contribution in [1.82, 2.24) is 0 Å². The van der Waals surface area contributed by atoms with Crippen molar-refractivity contribution in [3.63, 3.8) is 0 Å². The highest BCUT2D eigenvalue weighted by Crippen LogP contribution is 2.15. The van der Waals surface area contributed by atoms with Crippen molar-refractivity contribution < 1.29 is 28.6 Å². The van der Waals surface area contributed by atoms with Crippen LogP contribution in [-0.2, 0) is 28.6 Å².